The van der Waals surface area contributed by atoms with Gasteiger partial charge < -0.3 is 5.32 Å². The molecular formula is C13H21N3. The molecule has 88 valence electrons. The van der Waals surface area contributed by atoms with Crippen molar-refractivity contribution >= 4 is 0 Å². The molecule has 16 heavy (non-hydrogen) atoms. The number of aromatic nitrogens is 2. The van der Waals surface area contributed by atoms with Crippen molar-refractivity contribution in [1.29, 1.82) is 0 Å². The summed E-state index contributed by atoms with van der Waals surface area (Å²) < 4.78 is 0. The molecular weight excluding hydrogens is 198 g/mol. The molecule has 1 aromatic rings. The summed E-state index contributed by atoms with van der Waals surface area (Å²) in [6.07, 6.45) is 3.87. The van der Waals surface area contributed by atoms with E-state index in [1.54, 1.807) is 0 Å². The van der Waals surface area contributed by atoms with E-state index in [0.717, 1.165) is 30.9 Å². The van der Waals surface area contributed by atoms with Crippen molar-refractivity contribution in [2.75, 3.05) is 6.54 Å². The SMILES string of the molecule is C=C(C)CC(NCCC)c1ccnc(C)n1. The van der Waals surface area contributed by atoms with Crippen LogP contribution in [0, 0.1) is 6.92 Å². The Kier molecular flexibility index (Phi) is 5.12. The lowest BCUT2D eigenvalue weighted by molar-refractivity contribution is 0.514. The lowest BCUT2D eigenvalue weighted by Gasteiger charge is -2.18. The van der Waals surface area contributed by atoms with Crippen LogP contribution in [0.5, 0.6) is 0 Å². The number of rotatable bonds is 6. The largest absolute Gasteiger partial charge is 0.308 e. The summed E-state index contributed by atoms with van der Waals surface area (Å²) in [4.78, 5) is 8.59. The third-order valence-electron chi connectivity index (χ3n) is 2.35. The number of nitrogens with one attached hydrogen (secondary N) is 1. The summed E-state index contributed by atoms with van der Waals surface area (Å²) in [7, 11) is 0. The second kappa shape index (κ2) is 6.38. The third-order valence-corrected chi connectivity index (χ3v) is 2.35. The lowest BCUT2D eigenvalue weighted by Crippen LogP contribution is -2.23. The Hall–Kier alpha value is -1.22. The standard InChI is InChI=1S/C13H21N3/c1-5-7-15-13(9-10(2)3)12-6-8-14-11(4)16-12/h6,8,13,15H,2,5,7,9H2,1,3-4H3. The smallest absolute Gasteiger partial charge is 0.125 e. The van der Waals surface area contributed by atoms with E-state index in [-0.39, 0.29) is 6.04 Å². The number of aryl methyl sites for hydroxylation is 1. The zero-order valence-corrected chi connectivity index (χ0v) is 10.5. The molecule has 1 atom stereocenters. The van der Waals surface area contributed by atoms with Crippen LogP contribution in [-0.4, -0.2) is 16.5 Å². The maximum Gasteiger partial charge on any atom is 0.125 e. The van der Waals surface area contributed by atoms with E-state index in [1.165, 1.54) is 5.57 Å². The summed E-state index contributed by atoms with van der Waals surface area (Å²) in [6, 6.07) is 2.24. The second-order valence-corrected chi connectivity index (χ2v) is 4.20. The molecule has 0 aliphatic carbocycles. The van der Waals surface area contributed by atoms with Gasteiger partial charge >= 0.3 is 0 Å². The van der Waals surface area contributed by atoms with Crippen LogP contribution in [-0.2, 0) is 0 Å². The molecule has 1 unspecified atom stereocenters. The average molecular weight is 219 g/mol. The molecule has 1 rings (SSSR count). The number of hydrogen-bond acceptors (Lipinski definition) is 3. The van der Waals surface area contributed by atoms with Crippen LogP contribution in [0.2, 0.25) is 0 Å². The average Bonchev–Trinajstić information content (AvgIpc) is 2.23. The Balaban J connectivity index is 2.78. The van der Waals surface area contributed by atoms with Gasteiger partial charge in [0, 0.05) is 6.20 Å². The van der Waals surface area contributed by atoms with Crippen molar-refractivity contribution in [1.82, 2.24) is 15.3 Å². The second-order valence-electron chi connectivity index (χ2n) is 4.20. The highest BCUT2D eigenvalue weighted by Gasteiger charge is 2.12. The Bertz CT molecular complexity index is 347. The summed E-state index contributed by atoms with van der Waals surface area (Å²) in [5.41, 5.74) is 2.23. The Morgan fingerprint density at radius 3 is 2.88 bits per heavy atom. The topological polar surface area (TPSA) is 37.8 Å². The van der Waals surface area contributed by atoms with Gasteiger partial charge in [0.05, 0.1) is 11.7 Å². The highest BCUT2D eigenvalue weighted by atomic mass is 15.0. The first-order chi connectivity index (χ1) is 7.63. The molecule has 0 amide bonds. The molecule has 3 nitrogen and oxygen atoms in total. The highest BCUT2D eigenvalue weighted by molar-refractivity contribution is 5.10. The molecule has 1 aromatic heterocycles. The summed E-state index contributed by atoms with van der Waals surface area (Å²) in [5.74, 6) is 0.822. The molecule has 0 spiro atoms. The van der Waals surface area contributed by atoms with Gasteiger partial charge in [0.15, 0.2) is 0 Å². The van der Waals surface area contributed by atoms with Crippen molar-refractivity contribution in [3.8, 4) is 0 Å². The highest BCUT2D eigenvalue weighted by Crippen LogP contribution is 2.18. The first-order valence-corrected chi connectivity index (χ1v) is 5.80. The molecule has 0 aliphatic rings. The maximum atomic E-state index is 4.46. The monoisotopic (exact) mass is 219 g/mol. The molecule has 1 N–H and O–H groups in total. The molecule has 0 radical (unpaired) electrons. The Morgan fingerprint density at radius 2 is 2.31 bits per heavy atom. The molecule has 0 saturated heterocycles. The van der Waals surface area contributed by atoms with Gasteiger partial charge in [0.1, 0.15) is 5.82 Å². The van der Waals surface area contributed by atoms with Gasteiger partial charge in [-0.05, 0) is 39.3 Å². The molecule has 0 aromatic carbocycles. The molecule has 0 fully saturated rings. The summed E-state index contributed by atoms with van der Waals surface area (Å²) >= 11 is 0. The fraction of sp³-hybridized carbons (Fsp3) is 0.538. The molecule has 0 saturated carbocycles. The summed E-state index contributed by atoms with van der Waals surface area (Å²) in [6.45, 7) is 11.1. The van der Waals surface area contributed by atoms with E-state index in [0.29, 0.717) is 0 Å². The predicted molar refractivity (Wildman–Crippen MR) is 67.2 cm³/mol. The summed E-state index contributed by atoms with van der Waals surface area (Å²) in [5, 5.41) is 3.49. The van der Waals surface area contributed by atoms with Crippen LogP contribution in [0.15, 0.2) is 24.4 Å². The van der Waals surface area contributed by atoms with E-state index < -0.39 is 0 Å². The molecule has 1 heterocycles. The van der Waals surface area contributed by atoms with Gasteiger partial charge in [0.25, 0.3) is 0 Å². The predicted octanol–water partition coefficient (Wildman–Crippen LogP) is 2.79. The van der Waals surface area contributed by atoms with E-state index in [9.17, 15) is 0 Å². The Morgan fingerprint density at radius 1 is 1.56 bits per heavy atom. The molecule has 0 aliphatic heterocycles. The van der Waals surface area contributed by atoms with Gasteiger partial charge in [-0.15, -0.1) is 6.58 Å². The van der Waals surface area contributed by atoms with Gasteiger partial charge in [-0.2, -0.15) is 0 Å². The van der Waals surface area contributed by atoms with E-state index in [2.05, 4.69) is 35.7 Å². The van der Waals surface area contributed by atoms with Crippen LogP contribution >= 0.6 is 0 Å². The van der Waals surface area contributed by atoms with Crippen molar-refractivity contribution in [2.45, 2.75) is 39.7 Å². The molecule has 0 bridgehead atoms. The number of hydrogen-bond donors (Lipinski definition) is 1. The quantitative estimate of drug-likeness (QED) is 0.748. The van der Waals surface area contributed by atoms with Gasteiger partial charge in [0.2, 0.25) is 0 Å². The lowest BCUT2D eigenvalue weighted by atomic mass is 10.1. The van der Waals surface area contributed by atoms with Crippen molar-refractivity contribution in [3.63, 3.8) is 0 Å². The fourth-order valence-electron chi connectivity index (χ4n) is 1.62. The van der Waals surface area contributed by atoms with Crippen LogP contribution < -0.4 is 5.32 Å². The van der Waals surface area contributed by atoms with Gasteiger partial charge in [-0.1, -0.05) is 12.5 Å². The molecule has 3 heteroatoms. The minimum Gasteiger partial charge on any atom is -0.308 e. The first-order valence-electron chi connectivity index (χ1n) is 5.80. The third kappa shape index (κ3) is 4.11. The minimum atomic E-state index is 0.263. The van der Waals surface area contributed by atoms with Crippen molar-refractivity contribution in [2.24, 2.45) is 0 Å². The van der Waals surface area contributed by atoms with Crippen LogP contribution in [0.25, 0.3) is 0 Å². The minimum absolute atomic E-state index is 0.263. The first kappa shape index (κ1) is 12.8. The zero-order chi connectivity index (χ0) is 12.0. The van der Waals surface area contributed by atoms with Crippen LogP contribution in [0.1, 0.15) is 44.2 Å². The Labute approximate surface area is 98.0 Å². The van der Waals surface area contributed by atoms with E-state index >= 15 is 0 Å². The fourth-order valence-corrected chi connectivity index (χ4v) is 1.62. The van der Waals surface area contributed by atoms with Crippen molar-refractivity contribution < 1.29 is 0 Å². The van der Waals surface area contributed by atoms with E-state index in [1.807, 2.05) is 19.2 Å². The maximum absolute atomic E-state index is 4.46. The normalized spacial score (nSPS) is 12.4. The van der Waals surface area contributed by atoms with Crippen molar-refractivity contribution in [3.05, 3.63) is 35.9 Å². The van der Waals surface area contributed by atoms with Crippen LogP contribution in [0.4, 0.5) is 0 Å². The number of nitrogens with zero attached hydrogens (tertiary/aromatic N) is 2. The van der Waals surface area contributed by atoms with Gasteiger partial charge in [-0.3, -0.25) is 0 Å². The van der Waals surface area contributed by atoms with E-state index in [4.69, 9.17) is 0 Å². The van der Waals surface area contributed by atoms with Crippen LogP contribution in [0.3, 0.4) is 0 Å². The zero-order valence-electron chi connectivity index (χ0n) is 10.5. The van der Waals surface area contributed by atoms with Gasteiger partial charge in [-0.25, -0.2) is 9.97 Å².